The van der Waals surface area contributed by atoms with Crippen molar-refractivity contribution in [1.29, 1.82) is 0 Å². The van der Waals surface area contributed by atoms with E-state index in [0.717, 1.165) is 32.8 Å². The second-order valence-electron chi connectivity index (χ2n) is 8.32. The molecule has 5 rings (SSSR count). The van der Waals surface area contributed by atoms with E-state index in [4.69, 9.17) is 9.47 Å². The first-order chi connectivity index (χ1) is 19.2. The van der Waals surface area contributed by atoms with Gasteiger partial charge in [0, 0.05) is 35.6 Å². The average Bonchev–Trinajstić information content (AvgIpc) is 3.64. The highest BCUT2D eigenvalue weighted by Gasteiger charge is 2.17. The van der Waals surface area contributed by atoms with Gasteiger partial charge in [-0.05, 0) is 48.4 Å². The normalized spacial score (nSPS) is 10.8. The Kier molecular flexibility index (Phi) is 8.49. The summed E-state index contributed by atoms with van der Waals surface area (Å²) in [5.74, 6) is 2.44. The molecule has 0 atom stereocenters. The van der Waals surface area contributed by atoms with Crippen LogP contribution in [0.15, 0.2) is 83.6 Å². The molecule has 0 radical (unpaired) electrons. The second-order valence-corrected chi connectivity index (χ2v) is 10.2. The van der Waals surface area contributed by atoms with Gasteiger partial charge in [-0.25, -0.2) is 4.98 Å². The molecule has 0 saturated carbocycles. The van der Waals surface area contributed by atoms with Gasteiger partial charge in [0.05, 0.1) is 20.0 Å². The topological polar surface area (TPSA) is 104 Å². The van der Waals surface area contributed by atoms with Crippen LogP contribution in [-0.2, 0) is 12.2 Å². The Morgan fingerprint density at radius 3 is 2.56 bits per heavy atom. The number of methoxy groups -OCH3 is 2. The largest absolute Gasteiger partial charge is 0.493 e. The number of hydrogen-bond acceptors (Lipinski definition) is 9. The molecule has 9 nitrogen and oxygen atoms in total. The summed E-state index contributed by atoms with van der Waals surface area (Å²) in [5.41, 5.74) is 3.34. The van der Waals surface area contributed by atoms with Gasteiger partial charge in [-0.15, -0.1) is 21.5 Å². The first kappa shape index (κ1) is 26.4. The van der Waals surface area contributed by atoms with Gasteiger partial charge in [-0.1, -0.05) is 36.0 Å². The minimum absolute atomic E-state index is 0.199. The molecule has 1 amide bonds. The van der Waals surface area contributed by atoms with Gasteiger partial charge in [0.15, 0.2) is 22.5 Å². The van der Waals surface area contributed by atoms with Crippen LogP contribution < -0.4 is 14.8 Å². The molecule has 0 aliphatic carbocycles. The molecule has 39 heavy (non-hydrogen) atoms. The van der Waals surface area contributed by atoms with E-state index in [1.54, 1.807) is 32.0 Å². The fourth-order valence-electron chi connectivity index (χ4n) is 3.92. The number of pyridine rings is 1. The van der Waals surface area contributed by atoms with Crippen LogP contribution in [0.3, 0.4) is 0 Å². The molecule has 0 spiro atoms. The number of rotatable bonds is 11. The van der Waals surface area contributed by atoms with Crippen molar-refractivity contribution in [3.8, 4) is 28.6 Å². The predicted octanol–water partition coefficient (Wildman–Crippen LogP) is 5.07. The van der Waals surface area contributed by atoms with Gasteiger partial charge in [-0.3, -0.25) is 14.3 Å². The lowest BCUT2D eigenvalue weighted by Gasteiger charge is -2.10. The van der Waals surface area contributed by atoms with Crippen molar-refractivity contribution >= 4 is 29.0 Å². The Hall–Kier alpha value is -4.22. The standard InChI is InChI=1S/C28H26N6O3S2/c1-36-23-9-8-19(16-24(23)37-2)10-15-30-27(35)22-17-38-25(31-22)18-39-28-33-32-26(20-11-13-29-14-12-20)34(28)21-6-4-3-5-7-21/h3-9,11-14,16-17H,10,15,18H2,1-2H3,(H,30,35). The lowest BCUT2D eigenvalue weighted by molar-refractivity contribution is 0.0949. The number of carbonyl (C=O) groups is 1. The number of thioether (sulfide) groups is 1. The van der Waals surface area contributed by atoms with Gasteiger partial charge in [-0.2, -0.15) is 0 Å². The Morgan fingerprint density at radius 1 is 1.00 bits per heavy atom. The number of para-hydroxylation sites is 1. The molecule has 0 fully saturated rings. The van der Waals surface area contributed by atoms with Crippen LogP contribution in [0.2, 0.25) is 0 Å². The summed E-state index contributed by atoms with van der Waals surface area (Å²) in [6.45, 7) is 0.480. The highest BCUT2D eigenvalue weighted by molar-refractivity contribution is 7.98. The van der Waals surface area contributed by atoms with Gasteiger partial charge in [0.25, 0.3) is 5.91 Å². The molecule has 11 heteroatoms. The number of amides is 1. The first-order valence-corrected chi connectivity index (χ1v) is 14.0. The van der Waals surface area contributed by atoms with Gasteiger partial charge in [0.1, 0.15) is 10.7 Å². The summed E-state index contributed by atoms with van der Waals surface area (Å²) in [4.78, 5) is 21.4. The lowest BCUT2D eigenvalue weighted by Crippen LogP contribution is -2.26. The van der Waals surface area contributed by atoms with Crippen molar-refractivity contribution in [3.05, 3.63) is 94.7 Å². The van der Waals surface area contributed by atoms with Crippen molar-refractivity contribution < 1.29 is 14.3 Å². The van der Waals surface area contributed by atoms with E-state index in [1.807, 2.05) is 65.2 Å². The summed E-state index contributed by atoms with van der Waals surface area (Å²) in [7, 11) is 3.21. The second kappa shape index (κ2) is 12.5. The SMILES string of the molecule is COc1ccc(CCNC(=O)c2csc(CSc3nnc(-c4ccncc4)n3-c3ccccc3)n2)cc1OC. The molecule has 0 unspecified atom stereocenters. The maximum atomic E-state index is 12.7. The van der Waals surface area contributed by atoms with E-state index in [2.05, 4.69) is 25.5 Å². The molecule has 0 bridgehead atoms. The van der Waals surface area contributed by atoms with E-state index in [0.29, 0.717) is 35.9 Å². The number of thiazole rings is 1. The van der Waals surface area contributed by atoms with Crippen molar-refractivity contribution in [2.75, 3.05) is 20.8 Å². The number of benzene rings is 2. The Morgan fingerprint density at radius 2 is 1.79 bits per heavy atom. The number of nitrogens with one attached hydrogen (secondary N) is 1. The zero-order chi connectivity index (χ0) is 27.0. The maximum Gasteiger partial charge on any atom is 0.270 e. The third kappa shape index (κ3) is 6.27. The van der Waals surface area contributed by atoms with E-state index < -0.39 is 0 Å². The summed E-state index contributed by atoms with van der Waals surface area (Å²) in [5, 5.41) is 15.2. The lowest BCUT2D eigenvalue weighted by atomic mass is 10.1. The summed E-state index contributed by atoms with van der Waals surface area (Å²) in [6.07, 6.45) is 4.14. The van der Waals surface area contributed by atoms with Crippen molar-refractivity contribution in [2.45, 2.75) is 17.3 Å². The maximum absolute atomic E-state index is 12.7. The molecular formula is C28H26N6O3S2. The Balaban J connectivity index is 1.22. The van der Waals surface area contributed by atoms with E-state index in [1.165, 1.54) is 23.1 Å². The Bertz CT molecular complexity index is 1540. The highest BCUT2D eigenvalue weighted by Crippen LogP contribution is 2.30. The van der Waals surface area contributed by atoms with Gasteiger partial charge in [0.2, 0.25) is 0 Å². The predicted molar refractivity (Wildman–Crippen MR) is 152 cm³/mol. The highest BCUT2D eigenvalue weighted by atomic mass is 32.2. The molecule has 0 aliphatic rings. The quantitative estimate of drug-likeness (QED) is 0.224. The summed E-state index contributed by atoms with van der Waals surface area (Å²) in [6, 6.07) is 19.5. The fraction of sp³-hybridized carbons (Fsp3) is 0.179. The molecular weight excluding hydrogens is 532 g/mol. The number of hydrogen-bond donors (Lipinski definition) is 1. The minimum atomic E-state index is -0.199. The third-order valence-electron chi connectivity index (χ3n) is 5.84. The molecule has 3 heterocycles. The molecule has 3 aromatic heterocycles. The number of aromatic nitrogens is 5. The average molecular weight is 559 g/mol. The van der Waals surface area contributed by atoms with Crippen LogP contribution >= 0.6 is 23.1 Å². The number of carbonyl (C=O) groups excluding carboxylic acids is 1. The van der Waals surface area contributed by atoms with Crippen LogP contribution in [0.1, 0.15) is 21.1 Å². The van der Waals surface area contributed by atoms with Crippen LogP contribution in [0, 0.1) is 0 Å². The molecule has 1 N–H and O–H groups in total. The zero-order valence-electron chi connectivity index (χ0n) is 21.4. The van der Waals surface area contributed by atoms with E-state index >= 15 is 0 Å². The summed E-state index contributed by atoms with van der Waals surface area (Å²) >= 11 is 2.98. The van der Waals surface area contributed by atoms with Crippen molar-refractivity contribution in [3.63, 3.8) is 0 Å². The minimum Gasteiger partial charge on any atom is -0.493 e. The van der Waals surface area contributed by atoms with Crippen LogP contribution in [0.25, 0.3) is 17.1 Å². The molecule has 198 valence electrons. The van der Waals surface area contributed by atoms with Gasteiger partial charge < -0.3 is 14.8 Å². The van der Waals surface area contributed by atoms with E-state index in [-0.39, 0.29) is 5.91 Å². The monoisotopic (exact) mass is 558 g/mol. The van der Waals surface area contributed by atoms with E-state index in [9.17, 15) is 4.79 Å². The number of ether oxygens (including phenoxy) is 2. The smallest absolute Gasteiger partial charge is 0.270 e. The van der Waals surface area contributed by atoms with Crippen molar-refractivity contribution in [1.82, 2.24) is 30.0 Å². The molecule has 0 aliphatic heterocycles. The van der Waals surface area contributed by atoms with Crippen LogP contribution in [-0.4, -0.2) is 51.4 Å². The first-order valence-electron chi connectivity index (χ1n) is 12.1. The molecule has 2 aromatic carbocycles. The fourth-order valence-corrected chi connectivity index (χ4v) is 5.66. The Labute approximate surface area is 234 Å². The zero-order valence-corrected chi connectivity index (χ0v) is 23.0. The van der Waals surface area contributed by atoms with Crippen molar-refractivity contribution in [2.24, 2.45) is 0 Å². The van der Waals surface area contributed by atoms with Crippen LogP contribution in [0.4, 0.5) is 0 Å². The molecule has 5 aromatic rings. The molecule has 0 saturated heterocycles. The number of nitrogens with zero attached hydrogens (tertiary/aromatic N) is 5. The van der Waals surface area contributed by atoms with Gasteiger partial charge >= 0.3 is 0 Å². The summed E-state index contributed by atoms with van der Waals surface area (Å²) < 4.78 is 12.7. The third-order valence-corrected chi connectivity index (χ3v) is 7.81. The van der Waals surface area contributed by atoms with Crippen LogP contribution in [0.5, 0.6) is 11.5 Å².